The van der Waals surface area contributed by atoms with Crippen LogP contribution >= 0.6 is 15.9 Å². The van der Waals surface area contributed by atoms with Crippen LogP contribution < -0.4 is 4.74 Å². The van der Waals surface area contributed by atoms with E-state index in [-0.39, 0.29) is 5.75 Å². The van der Waals surface area contributed by atoms with Crippen molar-refractivity contribution >= 4 is 15.9 Å². The minimum absolute atomic E-state index is 0.186. The smallest absolute Gasteiger partial charge is 0.165 e. The molecule has 0 bridgehead atoms. The molecule has 0 aliphatic carbocycles. The molecular formula is C13H9BrFO. The molecule has 0 fully saturated rings. The maximum Gasteiger partial charge on any atom is 0.165 e. The normalized spacial score (nSPS) is 10.2. The van der Waals surface area contributed by atoms with Gasteiger partial charge in [-0.25, -0.2) is 4.39 Å². The van der Waals surface area contributed by atoms with Gasteiger partial charge in [0, 0.05) is 4.47 Å². The summed E-state index contributed by atoms with van der Waals surface area (Å²) in [5.41, 5.74) is 0.714. The van der Waals surface area contributed by atoms with Gasteiger partial charge >= 0.3 is 0 Å². The summed E-state index contributed by atoms with van der Waals surface area (Å²) in [6, 6.07) is 11.7. The van der Waals surface area contributed by atoms with Crippen molar-refractivity contribution in [2.45, 2.75) is 0 Å². The molecule has 0 aromatic heterocycles. The molecule has 1 radical (unpaired) electrons. The molecule has 0 saturated heterocycles. The third-order valence-corrected chi connectivity index (χ3v) is 2.51. The van der Waals surface area contributed by atoms with Crippen molar-refractivity contribution in [3.05, 3.63) is 65.2 Å². The Morgan fingerprint density at radius 3 is 2.69 bits per heavy atom. The first-order valence-corrected chi connectivity index (χ1v) is 5.49. The van der Waals surface area contributed by atoms with Crippen molar-refractivity contribution in [1.29, 1.82) is 0 Å². The van der Waals surface area contributed by atoms with Gasteiger partial charge in [0.25, 0.3) is 0 Å². The molecular weight excluding hydrogens is 271 g/mol. The average Bonchev–Trinajstić information content (AvgIpc) is 2.24. The third-order valence-electron chi connectivity index (χ3n) is 2.02. The Hall–Kier alpha value is -1.35. The van der Waals surface area contributed by atoms with Crippen LogP contribution in [-0.4, -0.2) is 0 Å². The molecule has 0 amide bonds. The summed E-state index contributed by atoms with van der Waals surface area (Å²) in [4.78, 5) is 0. The molecule has 2 aromatic rings. The van der Waals surface area contributed by atoms with E-state index in [0.29, 0.717) is 11.3 Å². The predicted molar refractivity (Wildman–Crippen MR) is 65.1 cm³/mol. The third kappa shape index (κ3) is 2.61. The Bertz CT molecular complexity index is 511. The number of hydrogen-bond donors (Lipinski definition) is 0. The number of hydrogen-bond acceptors (Lipinski definition) is 1. The fourth-order valence-corrected chi connectivity index (χ4v) is 1.66. The Kier molecular flexibility index (Phi) is 3.25. The first-order chi connectivity index (χ1) is 7.65. The highest BCUT2D eigenvalue weighted by atomic mass is 79.9. The molecule has 0 unspecified atom stereocenters. The Morgan fingerprint density at radius 2 is 1.94 bits per heavy atom. The molecule has 1 nitrogen and oxygen atoms in total. The Morgan fingerprint density at radius 1 is 1.12 bits per heavy atom. The van der Waals surface area contributed by atoms with Crippen LogP contribution in [0.15, 0.2) is 46.9 Å². The number of halogens is 2. The molecule has 2 rings (SSSR count). The largest absolute Gasteiger partial charge is 0.454 e. The second kappa shape index (κ2) is 4.66. The van der Waals surface area contributed by atoms with Gasteiger partial charge in [-0.15, -0.1) is 0 Å². The summed E-state index contributed by atoms with van der Waals surface area (Å²) in [6.07, 6.45) is 0. The Labute approximate surface area is 102 Å². The molecule has 0 atom stereocenters. The fourth-order valence-electron chi connectivity index (χ4n) is 1.28. The number of rotatable bonds is 2. The van der Waals surface area contributed by atoms with Crippen LogP contribution in [0.5, 0.6) is 11.5 Å². The van der Waals surface area contributed by atoms with Crippen LogP contribution in [0.4, 0.5) is 4.39 Å². The van der Waals surface area contributed by atoms with Crippen LogP contribution in [-0.2, 0) is 0 Å². The lowest BCUT2D eigenvalue weighted by molar-refractivity contribution is 0.442. The molecule has 0 spiro atoms. The van der Waals surface area contributed by atoms with Crippen molar-refractivity contribution in [1.82, 2.24) is 0 Å². The van der Waals surface area contributed by atoms with Crippen LogP contribution in [0.1, 0.15) is 5.56 Å². The van der Waals surface area contributed by atoms with E-state index in [2.05, 4.69) is 22.9 Å². The monoisotopic (exact) mass is 279 g/mol. The summed E-state index contributed by atoms with van der Waals surface area (Å²) in [5.74, 6) is 0.372. The maximum atomic E-state index is 13.4. The van der Waals surface area contributed by atoms with Crippen LogP contribution in [0, 0.1) is 12.7 Å². The van der Waals surface area contributed by atoms with Gasteiger partial charge in [-0.05, 0) is 42.8 Å². The second-order valence-electron chi connectivity index (χ2n) is 3.32. The second-order valence-corrected chi connectivity index (χ2v) is 4.24. The van der Waals surface area contributed by atoms with E-state index in [0.717, 1.165) is 4.47 Å². The number of benzene rings is 2. The highest BCUT2D eigenvalue weighted by Gasteiger charge is 2.04. The van der Waals surface area contributed by atoms with Gasteiger partial charge in [-0.2, -0.15) is 0 Å². The SMILES string of the molecule is [CH2]c1ccc(F)c(Oc2cccc(Br)c2)c1. The zero-order valence-corrected chi connectivity index (χ0v) is 10.00. The lowest BCUT2D eigenvalue weighted by Gasteiger charge is -2.07. The van der Waals surface area contributed by atoms with E-state index in [1.807, 2.05) is 12.1 Å². The summed E-state index contributed by atoms with van der Waals surface area (Å²) >= 11 is 3.32. The fraction of sp³-hybridized carbons (Fsp3) is 0. The molecule has 81 valence electrons. The molecule has 0 N–H and O–H groups in total. The predicted octanol–water partition coefficient (Wildman–Crippen LogP) is 4.56. The van der Waals surface area contributed by atoms with Gasteiger partial charge < -0.3 is 4.74 Å². The zero-order chi connectivity index (χ0) is 11.5. The summed E-state index contributed by atoms with van der Waals surface area (Å²) in [5, 5.41) is 0. The number of ether oxygens (including phenoxy) is 1. The van der Waals surface area contributed by atoms with Gasteiger partial charge in [0.2, 0.25) is 0 Å². The molecule has 2 aromatic carbocycles. The molecule has 16 heavy (non-hydrogen) atoms. The molecule has 0 aliphatic rings. The molecule has 0 aliphatic heterocycles. The van der Waals surface area contributed by atoms with E-state index in [4.69, 9.17) is 4.74 Å². The summed E-state index contributed by atoms with van der Waals surface area (Å²) in [7, 11) is 0. The van der Waals surface area contributed by atoms with E-state index >= 15 is 0 Å². The topological polar surface area (TPSA) is 9.23 Å². The van der Waals surface area contributed by atoms with Gasteiger partial charge in [0.15, 0.2) is 11.6 Å². The lowest BCUT2D eigenvalue weighted by atomic mass is 10.2. The zero-order valence-electron chi connectivity index (χ0n) is 8.41. The minimum atomic E-state index is -0.396. The summed E-state index contributed by atoms with van der Waals surface area (Å²) in [6.45, 7) is 3.73. The van der Waals surface area contributed by atoms with E-state index in [9.17, 15) is 4.39 Å². The van der Waals surface area contributed by atoms with Gasteiger partial charge in [0.05, 0.1) is 0 Å². The van der Waals surface area contributed by atoms with E-state index in [1.54, 1.807) is 24.3 Å². The van der Waals surface area contributed by atoms with E-state index in [1.165, 1.54) is 6.07 Å². The minimum Gasteiger partial charge on any atom is -0.454 e. The van der Waals surface area contributed by atoms with Crippen molar-refractivity contribution in [3.8, 4) is 11.5 Å². The van der Waals surface area contributed by atoms with Gasteiger partial charge in [-0.3, -0.25) is 0 Å². The first-order valence-electron chi connectivity index (χ1n) is 4.70. The highest BCUT2D eigenvalue weighted by Crippen LogP contribution is 2.27. The first kappa shape index (κ1) is 11.1. The molecule has 0 saturated carbocycles. The summed E-state index contributed by atoms with van der Waals surface area (Å²) < 4.78 is 19.7. The van der Waals surface area contributed by atoms with Gasteiger partial charge in [-0.1, -0.05) is 28.1 Å². The highest BCUT2D eigenvalue weighted by molar-refractivity contribution is 9.10. The lowest BCUT2D eigenvalue weighted by Crippen LogP contribution is -1.89. The standard InChI is InChI=1S/C13H9BrFO/c1-9-5-6-12(15)13(7-9)16-11-4-2-3-10(14)8-11/h2-8H,1H2. The van der Waals surface area contributed by atoms with Gasteiger partial charge in [0.1, 0.15) is 5.75 Å². The molecule has 3 heteroatoms. The van der Waals surface area contributed by atoms with Crippen molar-refractivity contribution in [3.63, 3.8) is 0 Å². The van der Waals surface area contributed by atoms with Crippen LogP contribution in [0.3, 0.4) is 0 Å². The average molecular weight is 280 g/mol. The van der Waals surface area contributed by atoms with Crippen LogP contribution in [0.2, 0.25) is 0 Å². The van der Waals surface area contributed by atoms with Crippen molar-refractivity contribution < 1.29 is 9.13 Å². The quantitative estimate of drug-likeness (QED) is 0.783. The van der Waals surface area contributed by atoms with Crippen molar-refractivity contribution in [2.24, 2.45) is 0 Å². The Balaban J connectivity index is 2.30. The maximum absolute atomic E-state index is 13.4. The van der Waals surface area contributed by atoms with E-state index < -0.39 is 5.82 Å². The van der Waals surface area contributed by atoms with Crippen LogP contribution in [0.25, 0.3) is 0 Å². The molecule has 0 heterocycles. The van der Waals surface area contributed by atoms with Crippen molar-refractivity contribution in [2.75, 3.05) is 0 Å².